The normalized spacial score (nSPS) is 18.1. The summed E-state index contributed by atoms with van der Waals surface area (Å²) in [6.07, 6.45) is 1.18. The van der Waals surface area contributed by atoms with Gasteiger partial charge >= 0.3 is 0 Å². The molecule has 116 valence electrons. The van der Waals surface area contributed by atoms with Gasteiger partial charge in [0, 0.05) is 24.0 Å². The number of nitrogens with two attached hydrogens (primary N) is 1. The molecule has 0 bridgehead atoms. The molecule has 1 aromatic rings. The number of nitrogens with zero attached hydrogens (tertiary/aromatic N) is 3. The minimum Gasteiger partial charge on any atom is -0.399 e. The summed E-state index contributed by atoms with van der Waals surface area (Å²) in [5.41, 5.74) is 11.0. The van der Waals surface area contributed by atoms with Gasteiger partial charge in [0.15, 0.2) is 0 Å². The van der Waals surface area contributed by atoms with E-state index in [1.54, 1.807) is 12.1 Å². The average Bonchev–Trinajstić information content (AvgIpc) is 2.46. The van der Waals surface area contributed by atoms with Gasteiger partial charge in [-0.2, -0.15) is 10.5 Å². The zero-order valence-electron chi connectivity index (χ0n) is 14.1. The van der Waals surface area contributed by atoms with Crippen LogP contribution in [0.2, 0.25) is 0 Å². The summed E-state index contributed by atoms with van der Waals surface area (Å²) in [7, 11) is 2.18. The van der Waals surface area contributed by atoms with Gasteiger partial charge in [0.1, 0.15) is 17.7 Å². The number of rotatable bonds is 0. The number of anilines is 2. The highest BCUT2D eigenvalue weighted by molar-refractivity contribution is 5.66. The summed E-state index contributed by atoms with van der Waals surface area (Å²) in [5.74, 6) is 0.587. The van der Waals surface area contributed by atoms with Crippen molar-refractivity contribution in [1.29, 1.82) is 10.5 Å². The molecule has 0 amide bonds. The Balaban J connectivity index is 0.000000346. The minimum atomic E-state index is -0.0463. The lowest BCUT2D eigenvalue weighted by atomic mass is 9.80. The summed E-state index contributed by atoms with van der Waals surface area (Å²) in [6.45, 7) is 12.0. The first kappa shape index (κ1) is 17.6. The van der Waals surface area contributed by atoms with Crippen molar-refractivity contribution < 1.29 is 0 Å². The fraction of sp³-hybridized carbons (Fsp3) is 0.444. The van der Waals surface area contributed by atoms with Crippen molar-refractivity contribution in [3.8, 4) is 12.1 Å². The Labute approximate surface area is 133 Å². The second kappa shape index (κ2) is 6.54. The lowest BCUT2D eigenvalue weighted by Gasteiger charge is -2.45. The van der Waals surface area contributed by atoms with Crippen LogP contribution in [0.5, 0.6) is 0 Å². The van der Waals surface area contributed by atoms with Gasteiger partial charge in [-0.3, -0.25) is 0 Å². The number of benzene rings is 1. The second-order valence-electron chi connectivity index (χ2n) is 6.45. The topological polar surface area (TPSA) is 76.8 Å². The Morgan fingerprint density at radius 3 is 2.36 bits per heavy atom. The van der Waals surface area contributed by atoms with Crippen LogP contribution in [0.3, 0.4) is 0 Å². The van der Waals surface area contributed by atoms with Crippen molar-refractivity contribution in [3.05, 3.63) is 35.4 Å². The predicted molar refractivity (Wildman–Crippen MR) is 91.5 cm³/mol. The van der Waals surface area contributed by atoms with E-state index in [0.717, 1.165) is 5.69 Å². The Bertz CT molecular complexity index is 643. The highest BCUT2D eigenvalue weighted by Gasteiger charge is 2.34. The molecular formula is C18H24N4. The summed E-state index contributed by atoms with van der Waals surface area (Å²) < 4.78 is 0. The van der Waals surface area contributed by atoms with Crippen LogP contribution in [0.4, 0.5) is 11.4 Å². The Morgan fingerprint density at radius 1 is 1.36 bits per heavy atom. The molecular weight excluding hydrogens is 272 g/mol. The smallest absolute Gasteiger partial charge is 0.122 e. The molecule has 2 N–H and O–H groups in total. The van der Waals surface area contributed by atoms with Gasteiger partial charge in [-0.15, -0.1) is 0 Å². The van der Waals surface area contributed by atoms with Crippen LogP contribution in [0.15, 0.2) is 24.3 Å². The number of aryl methyl sites for hydroxylation is 1. The van der Waals surface area contributed by atoms with Crippen molar-refractivity contribution in [1.82, 2.24) is 0 Å². The first-order valence-electron chi connectivity index (χ1n) is 7.27. The summed E-state index contributed by atoms with van der Waals surface area (Å²) in [6, 6.07) is 7.50. The highest BCUT2D eigenvalue weighted by Crippen LogP contribution is 2.43. The van der Waals surface area contributed by atoms with E-state index < -0.39 is 0 Å². The molecule has 1 unspecified atom stereocenters. The zero-order chi connectivity index (χ0) is 17.1. The molecule has 1 heterocycles. The molecule has 0 saturated carbocycles. The van der Waals surface area contributed by atoms with E-state index in [1.165, 1.54) is 23.2 Å². The van der Waals surface area contributed by atoms with Crippen LogP contribution in [0.25, 0.3) is 0 Å². The van der Waals surface area contributed by atoms with Crippen molar-refractivity contribution in [2.75, 3.05) is 17.7 Å². The quantitative estimate of drug-likeness (QED) is 0.582. The fourth-order valence-electron chi connectivity index (χ4n) is 2.76. The van der Waals surface area contributed by atoms with Gasteiger partial charge in [0.25, 0.3) is 0 Å². The molecule has 1 aromatic carbocycles. The molecule has 0 aromatic heterocycles. The fourth-order valence-corrected chi connectivity index (χ4v) is 2.76. The van der Waals surface area contributed by atoms with Crippen molar-refractivity contribution >= 4 is 11.4 Å². The van der Waals surface area contributed by atoms with Crippen LogP contribution < -0.4 is 10.6 Å². The average molecular weight is 296 g/mol. The van der Waals surface area contributed by atoms with Gasteiger partial charge < -0.3 is 10.6 Å². The number of hydrogen-bond acceptors (Lipinski definition) is 4. The highest BCUT2D eigenvalue weighted by atomic mass is 15.2. The first-order valence-corrected chi connectivity index (χ1v) is 7.27. The molecule has 4 heteroatoms. The van der Waals surface area contributed by atoms with E-state index in [2.05, 4.69) is 58.4 Å². The van der Waals surface area contributed by atoms with Crippen LogP contribution in [-0.2, 0) is 0 Å². The molecule has 2 rings (SSSR count). The van der Waals surface area contributed by atoms with Crippen molar-refractivity contribution in [3.63, 3.8) is 0 Å². The van der Waals surface area contributed by atoms with E-state index in [9.17, 15) is 0 Å². The number of allylic oxidation sites excluding steroid dienone is 1. The largest absolute Gasteiger partial charge is 0.399 e. The van der Waals surface area contributed by atoms with Crippen LogP contribution in [-0.4, -0.2) is 12.6 Å². The Hall–Kier alpha value is -2.46. The number of nitriles is 2. The van der Waals surface area contributed by atoms with E-state index >= 15 is 0 Å². The van der Waals surface area contributed by atoms with Crippen LogP contribution in [0, 0.1) is 29.6 Å². The lowest BCUT2D eigenvalue weighted by molar-refractivity contribution is 0.395. The van der Waals surface area contributed by atoms with Gasteiger partial charge in [0.05, 0.1) is 0 Å². The molecule has 1 aliphatic heterocycles. The number of nitrogen functional groups attached to an aromatic ring is 1. The zero-order valence-corrected chi connectivity index (χ0v) is 14.1. The molecule has 1 aliphatic rings. The van der Waals surface area contributed by atoms with Gasteiger partial charge in [0.2, 0.25) is 0 Å². The molecule has 0 spiro atoms. The molecule has 0 aliphatic carbocycles. The first-order chi connectivity index (χ1) is 10.1. The van der Waals surface area contributed by atoms with Gasteiger partial charge in [-0.25, -0.2) is 0 Å². The van der Waals surface area contributed by atoms with Crippen molar-refractivity contribution in [2.45, 2.75) is 45.6 Å². The molecule has 0 radical (unpaired) electrons. The second-order valence-corrected chi connectivity index (χ2v) is 6.45. The molecule has 0 saturated heterocycles. The third-order valence-electron chi connectivity index (χ3n) is 4.29. The maximum atomic E-state index is 7.76. The Morgan fingerprint density at radius 2 is 1.91 bits per heavy atom. The maximum absolute atomic E-state index is 7.76. The maximum Gasteiger partial charge on any atom is 0.122 e. The third-order valence-corrected chi connectivity index (χ3v) is 4.29. The van der Waals surface area contributed by atoms with Gasteiger partial charge in [-0.1, -0.05) is 13.5 Å². The summed E-state index contributed by atoms with van der Waals surface area (Å²) in [4.78, 5) is 2.38. The lowest BCUT2D eigenvalue weighted by Crippen LogP contribution is -2.45. The van der Waals surface area contributed by atoms with Crippen LogP contribution >= 0.6 is 0 Å². The van der Waals surface area contributed by atoms with E-state index in [0.29, 0.717) is 5.92 Å². The predicted octanol–water partition coefficient (Wildman–Crippen LogP) is 3.89. The minimum absolute atomic E-state index is 0.0463. The number of fused-ring (bicyclic) bond motifs is 1. The number of hydrogen-bond donors (Lipinski definition) is 1. The van der Waals surface area contributed by atoms with Crippen LogP contribution in [0.1, 0.15) is 44.2 Å². The molecule has 22 heavy (non-hydrogen) atoms. The van der Waals surface area contributed by atoms with Crippen molar-refractivity contribution in [2.24, 2.45) is 0 Å². The molecule has 1 atom stereocenters. The summed E-state index contributed by atoms with van der Waals surface area (Å²) >= 11 is 0. The van der Waals surface area contributed by atoms with E-state index in [1.807, 2.05) is 0 Å². The van der Waals surface area contributed by atoms with Gasteiger partial charge in [-0.05, 0) is 56.4 Å². The summed E-state index contributed by atoms with van der Waals surface area (Å²) in [5, 5.41) is 15.5. The van der Waals surface area contributed by atoms with E-state index in [4.69, 9.17) is 16.3 Å². The standard InChI is InChI=1S/C14H22N2.C4H2N2/c1-9-6-13-11(7-12(9)15)10(2)8-14(3,4)16(13)5;1-4(2-5)3-6/h6-7,10H,8,15H2,1-5H3;1H2. The third kappa shape index (κ3) is 3.59. The SMILES string of the molecule is C=C(C#N)C#N.Cc1cc2c(cc1N)C(C)CC(C)(C)N2C. The Kier molecular flexibility index (Phi) is 5.23. The van der Waals surface area contributed by atoms with E-state index in [-0.39, 0.29) is 11.1 Å². The molecule has 0 fully saturated rings. The molecule has 4 nitrogen and oxygen atoms in total. The monoisotopic (exact) mass is 296 g/mol.